The van der Waals surface area contributed by atoms with E-state index in [1.54, 1.807) is 19.1 Å². The van der Waals surface area contributed by atoms with E-state index in [-0.39, 0.29) is 24.9 Å². The Morgan fingerprint density at radius 2 is 1.97 bits per heavy atom. The SMILES string of the molecule is Cc1cc(-c2noc(CCC(=O)NC(C)(C)c3ccc4c(c3)OCO4)n2)ccc1F. The second kappa shape index (κ2) is 7.78. The van der Waals surface area contributed by atoms with Crippen molar-refractivity contribution in [2.45, 2.75) is 39.2 Å². The van der Waals surface area contributed by atoms with E-state index in [1.165, 1.54) is 6.07 Å². The lowest BCUT2D eigenvalue weighted by molar-refractivity contribution is -0.122. The fourth-order valence-corrected chi connectivity index (χ4v) is 3.25. The second-order valence-electron chi connectivity index (χ2n) is 7.72. The lowest BCUT2D eigenvalue weighted by Gasteiger charge is -2.27. The molecule has 1 aliphatic rings. The number of aryl methyl sites for hydroxylation is 2. The van der Waals surface area contributed by atoms with Gasteiger partial charge in [0.15, 0.2) is 11.5 Å². The molecule has 0 fully saturated rings. The number of carbonyl (C=O) groups is 1. The Morgan fingerprint density at radius 1 is 1.17 bits per heavy atom. The lowest BCUT2D eigenvalue weighted by Crippen LogP contribution is -2.41. The Bertz CT molecular complexity index is 1090. The first-order chi connectivity index (χ1) is 14.3. The van der Waals surface area contributed by atoms with E-state index < -0.39 is 5.54 Å². The van der Waals surface area contributed by atoms with E-state index in [1.807, 2.05) is 32.0 Å². The van der Waals surface area contributed by atoms with Crippen molar-refractivity contribution < 1.29 is 23.2 Å². The van der Waals surface area contributed by atoms with Crippen LogP contribution in [-0.2, 0) is 16.8 Å². The highest BCUT2D eigenvalue weighted by atomic mass is 19.1. The molecular weight excluding hydrogens is 389 g/mol. The Morgan fingerprint density at radius 3 is 2.77 bits per heavy atom. The monoisotopic (exact) mass is 411 g/mol. The van der Waals surface area contributed by atoms with Gasteiger partial charge in [0.05, 0.1) is 5.54 Å². The van der Waals surface area contributed by atoms with E-state index in [0.717, 1.165) is 5.56 Å². The molecule has 0 spiro atoms. The number of carbonyl (C=O) groups excluding carboxylic acids is 1. The average molecular weight is 411 g/mol. The van der Waals surface area contributed by atoms with Crippen LogP contribution in [0.5, 0.6) is 11.5 Å². The van der Waals surface area contributed by atoms with Crippen molar-refractivity contribution in [2.75, 3.05) is 6.79 Å². The van der Waals surface area contributed by atoms with Crippen LogP contribution >= 0.6 is 0 Å². The maximum atomic E-state index is 13.4. The van der Waals surface area contributed by atoms with Gasteiger partial charge in [-0.1, -0.05) is 11.2 Å². The number of hydrogen-bond donors (Lipinski definition) is 1. The third kappa shape index (κ3) is 4.12. The number of amides is 1. The van der Waals surface area contributed by atoms with Gasteiger partial charge in [0.25, 0.3) is 0 Å². The number of hydrogen-bond acceptors (Lipinski definition) is 6. The molecule has 30 heavy (non-hydrogen) atoms. The molecule has 0 radical (unpaired) electrons. The van der Waals surface area contributed by atoms with Gasteiger partial charge in [-0.05, 0) is 62.2 Å². The van der Waals surface area contributed by atoms with Gasteiger partial charge in [-0.15, -0.1) is 0 Å². The molecule has 4 rings (SSSR count). The zero-order valence-electron chi connectivity index (χ0n) is 17.0. The van der Waals surface area contributed by atoms with Crippen LogP contribution in [0.25, 0.3) is 11.4 Å². The third-order valence-corrected chi connectivity index (χ3v) is 5.00. The first-order valence-electron chi connectivity index (χ1n) is 9.62. The summed E-state index contributed by atoms with van der Waals surface area (Å²) < 4.78 is 29.4. The predicted octanol–water partition coefficient (Wildman–Crippen LogP) is 3.90. The minimum atomic E-state index is -0.594. The van der Waals surface area contributed by atoms with Crippen LogP contribution in [0, 0.1) is 12.7 Å². The van der Waals surface area contributed by atoms with Crippen molar-refractivity contribution in [2.24, 2.45) is 0 Å². The topological polar surface area (TPSA) is 86.5 Å². The quantitative estimate of drug-likeness (QED) is 0.662. The Labute approximate surface area is 173 Å². The average Bonchev–Trinajstić information content (AvgIpc) is 3.37. The van der Waals surface area contributed by atoms with Crippen molar-refractivity contribution in [1.29, 1.82) is 0 Å². The lowest BCUT2D eigenvalue weighted by atomic mass is 9.93. The smallest absolute Gasteiger partial charge is 0.231 e. The molecule has 1 aliphatic heterocycles. The van der Waals surface area contributed by atoms with Crippen LogP contribution < -0.4 is 14.8 Å². The van der Waals surface area contributed by atoms with Gasteiger partial charge in [-0.3, -0.25) is 4.79 Å². The summed E-state index contributed by atoms with van der Waals surface area (Å²) in [5.74, 6) is 1.66. The number of nitrogens with zero attached hydrogens (tertiary/aromatic N) is 2. The molecule has 1 aromatic heterocycles. The van der Waals surface area contributed by atoms with Crippen LogP contribution in [0.1, 0.15) is 37.3 Å². The summed E-state index contributed by atoms with van der Waals surface area (Å²) >= 11 is 0. The summed E-state index contributed by atoms with van der Waals surface area (Å²) in [7, 11) is 0. The second-order valence-corrected chi connectivity index (χ2v) is 7.72. The summed E-state index contributed by atoms with van der Waals surface area (Å²) in [6, 6.07) is 10.2. The molecule has 8 heteroatoms. The van der Waals surface area contributed by atoms with Crippen molar-refractivity contribution in [3.05, 3.63) is 59.2 Å². The highest BCUT2D eigenvalue weighted by Gasteiger charge is 2.26. The van der Waals surface area contributed by atoms with Gasteiger partial charge in [-0.25, -0.2) is 4.39 Å². The summed E-state index contributed by atoms with van der Waals surface area (Å²) in [6.45, 7) is 5.72. The first kappa shape index (κ1) is 19.9. The zero-order chi connectivity index (χ0) is 21.3. The standard InChI is InChI=1S/C22H22FN3O4/c1-13-10-14(4-6-16(13)23)21-24-20(30-26-21)9-8-19(27)25-22(2,3)15-5-7-17-18(11-15)29-12-28-17/h4-7,10-11H,8-9,12H2,1-3H3,(H,25,27). The number of halogens is 1. The normalized spacial score (nSPS) is 12.8. The number of nitrogens with one attached hydrogen (secondary N) is 1. The molecule has 1 amide bonds. The highest BCUT2D eigenvalue weighted by Crippen LogP contribution is 2.35. The molecular formula is C22H22FN3O4. The van der Waals surface area contributed by atoms with Crippen LogP contribution in [-0.4, -0.2) is 22.8 Å². The highest BCUT2D eigenvalue weighted by molar-refractivity contribution is 5.77. The molecule has 0 unspecified atom stereocenters. The van der Waals surface area contributed by atoms with Crippen LogP contribution in [0.4, 0.5) is 4.39 Å². The molecule has 0 saturated carbocycles. The van der Waals surface area contributed by atoms with Crippen LogP contribution in [0.3, 0.4) is 0 Å². The molecule has 0 saturated heterocycles. The molecule has 0 atom stereocenters. The largest absolute Gasteiger partial charge is 0.454 e. The number of rotatable bonds is 6. The summed E-state index contributed by atoms with van der Waals surface area (Å²) in [4.78, 5) is 16.8. The van der Waals surface area contributed by atoms with Gasteiger partial charge in [0.1, 0.15) is 5.82 Å². The van der Waals surface area contributed by atoms with Crippen molar-refractivity contribution in [1.82, 2.24) is 15.5 Å². The fourth-order valence-electron chi connectivity index (χ4n) is 3.25. The predicted molar refractivity (Wildman–Crippen MR) is 106 cm³/mol. The summed E-state index contributed by atoms with van der Waals surface area (Å²) in [6.07, 6.45) is 0.494. The first-order valence-corrected chi connectivity index (χ1v) is 9.62. The fraction of sp³-hybridized carbons (Fsp3) is 0.318. The third-order valence-electron chi connectivity index (χ3n) is 5.00. The number of benzene rings is 2. The minimum Gasteiger partial charge on any atom is -0.454 e. The maximum Gasteiger partial charge on any atom is 0.231 e. The van der Waals surface area contributed by atoms with Gasteiger partial charge < -0.3 is 19.3 Å². The molecule has 2 heterocycles. The van der Waals surface area contributed by atoms with E-state index in [9.17, 15) is 9.18 Å². The van der Waals surface area contributed by atoms with E-state index in [4.69, 9.17) is 14.0 Å². The zero-order valence-corrected chi connectivity index (χ0v) is 17.0. The Balaban J connectivity index is 1.36. The molecule has 156 valence electrons. The van der Waals surface area contributed by atoms with Gasteiger partial charge in [-0.2, -0.15) is 4.98 Å². The number of aromatic nitrogens is 2. The molecule has 2 aromatic carbocycles. The molecule has 7 nitrogen and oxygen atoms in total. The van der Waals surface area contributed by atoms with Crippen molar-refractivity contribution in [3.8, 4) is 22.9 Å². The molecule has 0 bridgehead atoms. The number of fused-ring (bicyclic) bond motifs is 1. The van der Waals surface area contributed by atoms with Crippen LogP contribution in [0.2, 0.25) is 0 Å². The van der Waals surface area contributed by atoms with E-state index >= 15 is 0 Å². The van der Waals surface area contributed by atoms with E-state index in [0.29, 0.717) is 40.8 Å². The Hall–Kier alpha value is -3.42. The van der Waals surface area contributed by atoms with Crippen LogP contribution in [0.15, 0.2) is 40.9 Å². The summed E-state index contributed by atoms with van der Waals surface area (Å²) in [5, 5.41) is 6.94. The van der Waals surface area contributed by atoms with Gasteiger partial charge in [0, 0.05) is 18.4 Å². The Kier molecular flexibility index (Phi) is 5.15. The maximum absolute atomic E-state index is 13.4. The molecule has 3 aromatic rings. The van der Waals surface area contributed by atoms with Gasteiger partial charge >= 0.3 is 0 Å². The van der Waals surface area contributed by atoms with Gasteiger partial charge in [0.2, 0.25) is 24.4 Å². The molecule has 1 N–H and O–H groups in total. The molecule has 0 aliphatic carbocycles. The van der Waals surface area contributed by atoms with E-state index in [2.05, 4.69) is 15.5 Å². The minimum absolute atomic E-state index is 0.143. The number of ether oxygens (including phenoxy) is 2. The van der Waals surface area contributed by atoms with Crippen molar-refractivity contribution >= 4 is 5.91 Å². The van der Waals surface area contributed by atoms with Crippen molar-refractivity contribution in [3.63, 3.8) is 0 Å². The summed E-state index contributed by atoms with van der Waals surface area (Å²) in [5.41, 5.74) is 1.48.